The topological polar surface area (TPSA) is 29.5 Å². The molecule has 0 atom stereocenters. The van der Waals surface area contributed by atoms with E-state index in [0.717, 1.165) is 11.1 Å². The zero-order valence-electron chi connectivity index (χ0n) is 12.9. The number of hydrogen-bond donors (Lipinski definition) is 1. The molecule has 0 radical (unpaired) electrons. The molecule has 0 aliphatic heterocycles. The fourth-order valence-electron chi connectivity index (χ4n) is 2.01. The Morgan fingerprint density at radius 3 is 2.55 bits per heavy atom. The van der Waals surface area contributed by atoms with Crippen LogP contribution in [-0.2, 0) is 10.8 Å². The Bertz CT molecular complexity index is 556. The van der Waals surface area contributed by atoms with Gasteiger partial charge in [-0.3, -0.25) is 0 Å². The summed E-state index contributed by atoms with van der Waals surface area (Å²) in [6.45, 7) is 11.6. The maximum Gasteiger partial charge on any atom is 0.192 e. The maximum atomic E-state index is 13.8. The van der Waals surface area contributed by atoms with E-state index in [1.807, 2.05) is 6.08 Å². The van der Waals surface area contributed by atoms with Crippen molar-refractivity contribution < 1.29 is 13.9 Å². The summed E-state index contributed by atoms with van der Waals surface area (Å²) in [5.41, 5.74) is 2.52. The molecule has 0 bridgehead atoms. The van der Waals surface area contributed by atoms with Crippen LogP contribution in [0, 0.1) is 5.82 Å². The predicted octanol–water partition coefficient (Wildman–Crippen LogP) is 4.49. The van der Waals surface area contributed by atoms with Crippen LogP contribution in [0.1, 0.15) is 31.9 Å². The average Bonchev–Trinajstić information content (AvgIpc) is 2.74. The molecule has 0 aromatic heterocycles. The van der Waals surface area contributed by atoms with Crippen molar-refractivity contribution in [3.63, 3.8) is 0 Å². The van der Waals surface area contributed by atoms with Gasteiger partial charge in [-0.05, 0) is 47.8 Å². The van der Waals surface area contributed by atoms with Gasteiger partial charge in [0.05, 0.1) is 6.61 Å². The summed E-state index contributed by atoms with van der Waals surface area (Å²) in [5.74, 6) is -0.809. The highest BCUT2D eigenvalue weighted by atomic mass is 28.4. The summed E-state index contributed by atoms with van der Waals surface area (Å²) >= 11 is 0. The molecule has 0 saturated heterocycles. The quantitative estimate of drug-likeness (QED) is 0.832. The van der Waals surface area contributed by atoms with E-state index in [0.29, 0.717) is 18.6 Å². The molecule has 4 heteroatoms. The number of aromatic hydroxyl groups is 1. The van der Waals surface area contributed by atoms with Crippen LogP contribution in [-0.4, -0.2) is 20.0 Å². The SMILES string of the molecule is CC(C)(C)[Si](C)(C)OCC1=Cc2c(ccc(O)c2F)C1. The number of rotatable bonds is 3. The van der Waals surface area contributed by atoms with Gasteiger partial charge in [-0.1, -0.05) is 26.8 Å². The largest absolute Gasteiger partial charge is 0.505 e. The number of phenols is 1. The van der Waals surface area contributed by atoms with E-state index < -0.39 is 14.1 Å². The normalized spacial score (nSPS) is 15.2. The third kappa shape index (κ3) is 2.81. The van der Waals surface area contributed by atoms with Crippen molar-refractivity contribution in [2.24, 2.45) is 0 Å². The second-order valence-electron chi connectivity index (χ2n) is 7.00. The van der Waals surface area contributed by atoms with Crippen LogP contribution in [0.2, 0.25) is 18.1 Å². The van der Waals surface area contributed by atoms with Gasteiger partial charge >= 0.3 is 0 Å². The first-order chi connectivity index (χ1) is 9.12. The molecule has 0 unspecified atom stereocenters. The third-order valence-electron chi connectivity index (χ3n) is 4.44. The molecule has 0 spiro atoms. The summed E-state index contributed by atoms with van der Waals surface area (Å²) in [6.07, 6.45) is 2.53. The zero-order valence-corrected chi connectivity index (χ0v) is 13.9. The van der Waals surface area contributed by atoms with Crippen LogP contribution in [0.3, 0.4) is 0 Å². The fraction of sp³-hybridized carbons (Fsp3) is 0.500. The van der Waals surface area contributed by atoms with Crippen LogP contribution in [0.4, 0.5) is 4.39 Å². The molecule has 2 rings (SSSR count). The van der Waals surface area contributed by atoms with Crippen LogP contribution >= 0.6 is 0 Å². The van der Waals surface area contributed by atoms with Crippen LogP contribution in [0.15, 0.2) is 17.7 Å². The minimum atomic E-state index is -1.78. The number of hydrogen-bond acceptors (Lipinski definition) is 2. The number of phenolic OH excluding ortho intramolecular Hbond substituents is 1. The Labute approximate surface area is 121 Å². The first kappa shape index (κ1) is 15.3. The summed E-state index contributed by atoms with van der Waals surface area (Å²) in [5, 5.41) is 9.58. The van der Waals surface area contributed by atoms with Gasteiger partial charge < -0.3 is 9.53 Å². The van der Waals surface area contributed by atoms with Gasteiger partial charge in [-0.2, -0.15) is 0 Å². The lowest BCUT2D eigenvalue weighted by atomic mass is 10.1. The van der Waals surface area contributed by atoms with E-state index >= 15 is 0 Å². The standard InChI is InChI=1S/C16H23FO2Si/c1-16(2,3)20(4,5)19-10-11-8-12-6-7-14(18)15(17)13(12)9-11/h6-7,9,18H,8,10H2,1-5H3. The van der Waals surface area contributed by atoms with Gasteiger partial charge in [0.2, 0.25) is 0 Å². The molecule has 110 valence electrons. The van der Waals surface area contributed by atoms with Gasteiger partial charge in [0.25, 0.3) is 0 Å². The molecule has 1 aromatic rings. The molecule has 1 N–H and O–H groups in total. The zero-order chi connectivity index (χ0) is 15.1. The molecule has 1 aliphatic rings. The molecular weight excluding hydrogens is 271 g/mol. The summed E-state index contributed by atoms with van der Waals surface area (Å²) < 4.78 is 20.0. The van der Waals surface area contributed by atoms with E-state index in [2.05, 4.69) is 33.9 Å². The van der Waals surface area contributed by atoms with Crippen LogP contribution < -0.4 is 0 Å². The minimum absolute atomic E-state index is 0.169. The van der Waals surface area contributed by atoms with Crippen molar-refractivity contribution in [3.8, 4) is 5.75 Å². The Morgan fingerprint density at radius 1 is 1.30 bits per heavy atom. The van der Waals surface area contributed by atoms with Gasteiger partial charge in [0, 0.05) is 5.56 Å². The fourth-order valence-corrected chi connectivity index (χ4v) is 2.99. The molecule has 20 heavy (non-hydrogen) atoms. The van der Waals surface area contributed by atoms with Gasteiger partial charge in [-0.15, -0.1) is 0 Å². The smallest absolute Gasteiger partial charge is 0.192 e. The van der Waals surface area contributed by atoms with E-state index in [9.17, 15) is 9.50 Å². The number of halogens is 1. The molecular formula is C16H23FO2Si. The monoisotopic (exact) mass is 294 g/mol. The van der Waals surface area contributed by atoms with Crippen molar-refractivity contribution in [2.75, 3.05) is 6.61 Å². The van der Waals surface area contributed by atoms with Crippen LogP contribution in [0.5, 0.6) is 5.75 Å². The lowest BCUT2D eigenvalue weighted by Crippen LogP contribution is -2.41. The lowest BCUT2D eigenvalue weighted by Gasteiger charge is -2.36. The average molecular weight is 294 g/mol. The van der Waals surface area contributed by atoms with E-state index in [1.54, 1.807) is 6.07 Å². The lowest BCUT2D eigenvalue weighted by molar-refractivity contribution is 0.318. The van der Waals surface area contributed by atoms with Gasteiger partial charge in [0.15, 0.2) is 19.9 Å². The Kier molecular flexibility index (Phi) is 3.82. The van der Waals surface area contributed by atoms with E-state index in [-0.39, 0.29) is 10.8 Å². The van der Waals surface area contributed by atoms with E-state index in [1.165, 1.54) is 6.07 Å². The van der Waals surface area contributed by atoms with Crippen molar-refractivity contribution >= 4 is 14.4 Å². The molecule has 1 aromatic carbocycles. The van der Waals surface area contributed by atoms with Crippen LogP contribution in [0.25, 0.3) is 6.08 Å². The Balaban J connectivity index is 2.10. The second kappa shape index (κ2) is 5.01. The predicted molar refractivity (Wildman–Crippen MR) is 82.9 cm³/mol. The molecule has 1 aliphatic carbocycles. The minimum Gasteiger partial charge on any atom is -0.505 e. The highest BCUT2D eigenvalue weighted by molar-refractivity contribution is 6.74. The Morgan fingerprint density at radius 2 is 1.95 bits per heavy atom. The van der Waals surface area contributed by atoms with Crippen molar-refractivity contribution in [1.29, 1.82) is 0 Å². The summed E-state index contributed by atoms with van der Waals surface area (Å²) in [4.78, 5) is 0. The first-order valence-corrected chi connectivity index (χ1v) is 9.86. The summed E-state index contributed by atoms with van der Waals surface area (Å²) in [7, 11) is -1.78. The number of fused-ring (bicyclic) bond motifs is 1. The highest BCUT2D eigenvalue weighted by Crippen LogP contribution is 2.38. The van der Waals surface area contributed by atoms with E-state index in [4.69, 9.17) is 4.43 Å². The molecule has 2 nitrogen and oxygen atoms in total. The van der Waals surface area contributed by atoms with Crippen molar-refractivity contribution in [3.05, 3.63) is 34.6 Å². The summed E-state index contributed by atoms with van der Waals surface area (Å²) in [6, 6.07) is 3.20. The molecule has 0 amide bonds. The highest BCUT2D eigenvalue weighted by Gasteiger charge is 2.37. The molecule has 0 heterocycles. The molecule has 0 saturated carbocycles. The Hall–Kier alpha value is -1.13. The van der Waals surface area contributed by atoms with Crippen molar-refractivity contribution in [2.45, 2.75) is 45.3 Å². The first-order valence-electron chi connectivity index (χ1n) is 6.95. The van der Waals surface area contributed by atoms with Crippen molar-refractivity contribution in [1.82, 2.24) is 0 Å². The molecule has 0 fully saturated rings. The maximum absolute atomic E-state index is 13.8. The third-order valence-corrected chi connectivity index (χ3v) is 8.92. The number of benzene rings is 1. The van der Waals surface area contributed by atoms with Gasteiger partial charge in [0.1, 0.15) is 0 Å². The van der Waals surface area contributed by atoms with Gasteiger partial charge in [-0.25, -0.2) is 4.39 Å². The second-order valence-corrected chi connectivity index (χ2v) is 11.8.